The van der Waals surface area contributed by atoms with Crippen molar-refractivity contribution >= 4 is 11.8 Å². The van der Waals surface area contributed by atoms with Gasteiger partial charge in [-0.3, -0.25) is 9.59 Å². The van der Waals surface area contributed by atoms with Gasteiger partial charge < -0.3 is 15.2 Å². The van der Waals surface area contributed by atoms with E-state index in [9.17, 15) is 19.9 Å². The molecule has 1 fully saturated rings. The molecule has 2 heterocycles. The summed E-state index contributed by atoms with van der Waals surface area (Å²) in [5.74, 6) is -0.924. The van der Waals surface area contributed by atoms with Gasteiger partial charge in [-0.15, -0.1) is 5.01 Å². The Labute approximate surface area is 144 Å². The Morgan fingerprint density at radius 1 is 1.36 bits per heavy atom. The third-order valence-corrected chi connectivity index (χ3v) is 4.46. The van der Waals surface area contributed by atoms with Crippen LogP contribution in [-0.4, -0.2) is 57.7 Å². The van der Waals surface area contributed by atoms with E-state index in [-0.39, 0.29) is 12.5 Å². The monoisotopic (exact) mass is 348 g/mol. The number of hydrogen-bond donors (Lipinski definition) is 1. The van der Waals surface area contributed by atoms with E-state index in [2.05, 4.69) is 5.28 Å². The smallest absolute Gasteiger partial charge is 0.264 e. The summed E-state index contributed by atoms with van der Waals surface area (Å²) in [4.78, 5) is 31.0. The number of aliphatic hydroxyl groups is 1. The minimum atomic E-state index is -1.01. The second-order valence-corrected chi connectivity index (χ2v) is 6.17. The predicted molar refractivity (Wildman–Crippen MR) is 84.9 cm³/mol. The van der Waals surface area contributed by atoms with Gasteiger partial charge in [-0.1, -0.05) is 12.1 Å². The molecule has 1 saturated heterocycles. The van der Waals surface area contributed by atoms with Crippen LogP contribution in [0, 0.1) is 11.1 Å². The van der Waals surface area contributed by atoms with Crippen LogP contribution >= 0.6 is 0 Å². The van der Waals surface area contributed by atoms with Gasteiger partial charge in [0.2, 0.25) is 11.5 Å². The summed E-state index contributed by atoms with van der Waals surface area (Å²) in [6.45, 7) is 2.38. The third-order valence-electron chi connectivity index (χ3n) is 4.46. The second-order valence-electron chi connectivity index (χ2n) is 6.17. The minimum absolute atomic E-state index is 0.0106. The number of carbonyl (C=O) groups excluding carboxylic acids is 2. The highest BCUT2D eigenvalue weighted by atomic mass is 16.7. The normalized spacial score (nSPS) is 22.2. The largest absolute Gasteiger partial charge is 0.569 e. The van der Waals surface area contributed by atoms with Crippen molar-refractivity contribution in [2.24, 2.45) is 11.2 Å². The third kappa shape index (κ3) is 3.27. The minimum Gasteiger partial charge on any atom is -0.569 e. The predicted octanol–water partition coefficient (Wildman–Crippen LogP) is 1.14. The SMILES string of the molecule is CC(ON=[N+]([O-])N1CCCC(CO)C1)N1C(=O)c2ccccc2C1=O. The molecule has 25 heavy (non-hydrogen) atoms. The summed E-state index contributed by atoms with van der Waals surface area (Å²) in [6, 6.07) is 6.50. The molecule has 1 aromatic carbocycles. The number of hydrogen-bond acceptors (Lipinski definition) is 6. The maximum atomic E-state index is 12.3. The first kappa shape index (κ1) is 17.2. The Morgan fingerprint density at radius 3 is 2.60 bits per heavy atom. The van der Waals surface area contributed by atoms with Gasteiger partial charge in [-0.05, 0) is 31.9 Å². The van der Waals surface area contributed by atoms with E-state index in [0.29, 0.717) is 29.2 Å². The number of fused-ring (bicyclic) bond motifs is 1. The van der Waals surface area contributed by atoms with Gasteiger partial charge in [-0.25, -0.2) is 4.90 Å². The zero-order chi connectivity index (χ0) is 18.0. The van der Waals surface area contributed by atoms with Gasteiger partial charge in [0, 0.05) is 12.5 Å². The van der Waals surface area contributed by atoms with Gasteiger partial charge in [0.15, 0.2) is 0 Å². The van der Waals surface area contributed by atoms with Crippen LogP contribution in [0.4, 0.5) is 0 Å². The maximum absolute atomic E-state index is 12.3. The average Bonchev–Trinajstić information content (AvgIpc) is 2.90. The summed E-state index contributed by atoms with van der Waals surface area (Å²) < 4.78 is 0. The fourth-order valence-electron chi connectivity index (χ4n) is 3.09. The van der Waals surface area contributed by atoms with Gasteiger partial charge in [0.25, 0.3) is 11.8 Å². The number of rotatable bonds is 5. The first-order valence-corrected chi connectivity index (χ1v) is 8.19. The fraction of sp³-hybridized carbons (Fsp3) is 0.500. The van der Waals surface area contributed by atoms with Crippen LogP contribution in [0.3, 0.4) is 0 Å². The van der Waals surface area contributed by atoms with Crippen molar-refractivity contribution in [3.05, 3.63) is 40.6 Å². The Hall–Kier alpha value is -2.68. The molecule has 1 aromatic rings. The number of hydrazine groups is 1. The van der Waals surface area contributed by atoms with E-state index >= 15 is 0 Å². The molecule has 1 N–H and O–H groups in total. The summed E-state index contributed by atoms with van der Waals surface area (Å²) in [7, 11) is 0. The van der Waals surface area contributed by atoms with Gasteiger partial charge in [0.1, 0.15) is 0 Å². The summed E-state index contributed by atoms with van der Waals surface area (Å²) >= 11 is 0. The number of amides is 2. The first-order valence-electron chi connectivity index (χ1n) is 8.19. The van der Waals surface area contributed by atoms with Crippen LogP contribution in [0.2, 0.25) is 0 Å². The molecule has 134 valence electrons. The van der Waals surface area contributed by atoms with Gasteiger partial charge in [0.05, 0.1) is 29.2 Å². The lowest BCUT2D eigenvalue weighted by Gasteiger charge is -2.27. The molecule has 3 rings (SSSR count). The van der Waals surface area contributed by atoms with E-state index < -0.39 is 18.0 Å². The van der Waals surface area contributed by atoms with Crippen molar-refractivity contribution < 1.29 is 24.5 Å². The molecule has 0 aromatic heterocycles. The Morgan fingerprint density at radius 2 is 2.00 bits per heavy atom. The molecule has 9 nitrogen and oxygen atoms in total. The van der Waals surface area contributed by atoms with E-state index in [1.807, 2.05) is 0 Å². The van der Waals surface area contributed by atoms with Crippen LogP contribution in [0.1, 0.15) is 40.5 Å². The molecule has 0 bridgehead atoms. The lowest BCUT2D eigenvalue weighted by atomic mass is 10.0. The van der Waals surface area contributed by atoms with Crippen LogP contribution < -0.4 is 0 Å². The maximum Gasteiger partial charge on any atom is 0.264 e. The molecule has 2 aliphatic rings. The molecule has 0 saturated carbocycles. The molecular formula is C16H20N4O5. The van der Waals surface area contributed by atoms with Crippen molar-refractivity contribution in [1.82, 2.24) is 9.91 Å². The molecule has 2 amide bonds. The van der Waals surface area contributed by atoms with E-state index in [0.717, 1.165) is 17.7 Å². The Kier molecular flexibility index (Phi) is 4.84. The standard InChI is InChI=1S/C16H20N4O5/c1-11(19-15(22)13-6-2-3-7-14(13)16(19)23)25-17-20(24)18-8-4-5-12(9-18)10-21/h2-3,6-7,11-12,21H,4-5,8-10H2,1H3. The van der Waals surface area contributed by atoms with E-state index in [1.165, 1.54) is 11.9 Å². The Balaban J connectivity index is 1.66. The molecule has 0 radical (unpaired) electrons. The van der Waals surface area contributed by atoms with Crippen molar-refractivity contribution in [3.8, 4) is 0 Å². The molecule has 9 heteroatoms. The number of benzene rings is 1. The summed E-state index contributed by atoms with van der Waals surface area (Å²) in [5, 5.41) is 26.1. The van der Waals surface area contributed by atoms with E-state index in [1.54, 1.807) is 24.3 Å². The molecular weight excluding hydrogens is 328 g/mol. The number of aliphatic hydroxyl groups excluding tert-OH is 1. The van der Waals surface area contributed by atoms with Crippen molar-refractivity contribution in [2.75, 3.05) is 19.7 Å². The number of imide groups is 1. The topological polar surface area (TPSA) is 109 Å². The first-order chi connectivity index (χ1) is 12.0. The zero-order valence-electron chi connectivity index (χ0n) is 13.9. The average molecular weight is 348 g/mol. The highest BCUT2D eigenvalue weighted by Gasteiger charge is 2.39. The molecule has 2 aliphatic heterocycles. The highest BCUT2D eigenvalue weighted by Crippen LogP contribution is 2.25. The fourth-order valence-corrected chi connectivity index (χ4v) is 3.09. The summed E-state index contributed by atoms with van der Waals surface area (Å²) in [6.07, 6.45) is 0.614. The van der Waals surface area contributed by atoms with Crippen LogP contribution in [0.5, 0.6) is 0 Å². The second kappa shape index (κ2) is 7.06. The quantitative estimate of drug-likeness (QED) is 0.370. The van der Waals surface area contributed by atoms with Crippen LogP contribution in [0.15, 0.2) is 29.5 Å². The number of piperidine rings is 1. The lowest BCUT2D eigenvalue weighted by Crippen LogP contribution is -2.42. The number of carbonyl (C=O) groups is 2. The van der Waals surface area contributed by atoms with Crippen molar-refractivity contribution in [1.29, 1.82) is 0 Å². The number of nitrogens with zero attached hydrogens (tertiary/aromatic N) is 4. The van der Waals surface area contributed by atoms with Crippen molar-refractivity contribution in [3.63, 3.8) is 0 Å². The van der Waals surface area contributed by atoms with Crippen LogP contribution in [0.25, 0.3) is 0 Å². The summed E-state index contributed by atoms with van der Waals surface area (Å²) in [5.41, 5.74) is 0.618. The highest BCUT2D eigenvalue weighted by molar-refractivity contribution is 6.21. The lowest BCUT2D eigenvalue weighted by molar-refractivity contribution is -0.715. The van der Waals surface area contributed by atoms with E-state index in [4.69, 9.17) is 4.84 Å². The van der Waals surface area contributed by atoms with Gasteiger partial charge >= 0.3 is 0 Å². The molecule has 0 spiro atoms. The molecule has 0 aliphatic carbocycles. The zero-order valence-corrected chi connectivity index (χ0v) is 13.9. The van der Waals surface area contributed by atoms with Crippen LogP contribution in [-0.2, 0) is 4.84 Å². The Bertz CT molecular complexity index is 673. The molecule has 2 unspecified atom stereocenters. The van der Waals surface area contributed by atoms with Crippen molar-refractivity contribution in [2.45, 2.75) is 26.0 Å². The molecule has 2 atom stereocenters. The van der Waals surface area contributed by atoms with Gasteiger partial charge in [-0.2, -0.15) is 0 Å².